The quantitative estimate of drug-likeness (QED) is 0.809. The number of rotatable bonds is 8. The molecule has 2 aromatic carbocycles. The van der Waals surface area contributed by atoms with Crippen LogP contribution in [0.3, 0.4) is 0 Å². The van der Waals surface area contributed by atoms with Gasteiger partial charge >= 0.3 is 0 Å². The van der Waals surface area contributed by atoms with E-state index >= 15 is 0 Å². The van der Waals surface area contributed by atoms with Gasteiger partial charge in [0.1, 0.15) is 12.4 Å². The van der Waals surface area contributed by atoms with E-state index in [0.717, 1.165) is 11.3 Å². The molecule has 1 atom stereocenters. The second-order valence-electron chi connectivity index (χ2n) is 5.48. The Morgan fingerprint density at radius 3 is 2.29 bits per heavy atom. The van der Waals surface area contributed by atoms with Crippen molar-refractivity contribution in [2.75, 3.05) is 20.3 Å². The van der Waals surface area contributed by atoms with Crippen molar-refractivity contribution in [3.63, 3.8) is 0 Å². The summed E-state index contributed by atoms with van der Waals surface area (Å²) in [4.78, 5) is 12.0. The van der Waals surface area contributed by atoms with Crippen molar-refractivity contribution in [2.45, 2.75) is 19.9 Å². The first-order valence-electron chi connectivity index (χ1n) is 7.83. The van der Waals surface area contributed by atoms with E-state index in [1.807, 2.05) is 50.2 Å². The molecule has 2 rings (SSSR count). The first-order chi connectivity index (χ1) is 11.6. The molecule has 0 aliphatic heterocycles. The second kappa shape index (κ2) is 8.82. The number of hydrogen-bond donors (Lipinski definition) is 1. The summed E-state index contributed by atoms with van der Waals surface area (Å²) >= 11 is 0. The van der Waals surface area contributed by atoms with Crippen LogP contribution in [0.25, 0.3) is 0 Å². The molecular weight excluding hydrogens is 306 g/mol. The monoisotopic (exact) mass is 329 g/mol. The third kappa shape index (κ3) is 5.19. The van der Waals surface area contributed by atoms with Crippen LogP contribution >= 0.6 is 0 Å². The maximum Gasteiger partial charge on any atom is 0.258 e. The van der Waals surface area contributed by atoms with E-state index in [2.05, 4.69) is 5.32 Å². The van der Waals surface area contributed by atoms with E-state index in [1.54, 1.807) is 19.2 Å². The molecule has 5 nitrogen and oxygen atoms in total. The molecular formula is C19H23NO4. The normalized spacial score (nSPS) is 11.5. The summed E-state index contributed by atoms with van der Waals surface area (Å²) in [7, 11) is 1.56. The number of carbonyl (C=O) groups is 1. The summed E-state index contributed by atoms with van der Waals surface area (Å²) < 4.78 is 16.4. The topological polar surface area (TPSA) is 56.8 Å². The van der Waals surface area contributed by atoms with Crippen LogP contribution in [0.5, 0.6) is 17.2 Å². The number of para-hydroxylation sites is 3. The molecule has 0 bridgehead atoms. The van der Waals surface area contributed by atoms with Gasteiger partial charge in [0.2, 0.25) is 0 Å². The molecule has 2 aromatic rings. The largest absolute Gasteiger partial charge is 0.493 e. The van der Waals surface area contributed by atoms with Crippen LogP contribution in [-0.2, 0) is 4.79 Å². The Kier molecular flexibility index (Phi) is 6.49. The Bertz CT molecular complexity index is 672. The summed E-state index contributed by atoms with van der Waals surface area (Å²) in [6, 6.07) is 14.9. The Morgan fingerprint density at radius 2 is 1.62 bits per heavy atom. The number of benzene rings is 2. The average molecular weight is 329 g/mol. The third-order valence-corrected chi connectivity index (χ3v) is 3.42. The average Bonchev–Trinajstić information content (AvgIpc) is 2.59. The van der Waals surface area contributed by atoms with Crippen LogP contribution in [0.2, 0.25) is 0 Å². The van der Waals surface area contributed by atoms with Gasteiger partial charge in [-0.05, 0) is 37.6 Å². The number of amides is 1. The van der Waals surface area contributed by atoms with Crippen LogP contribution in [0, 0.1) is 6.92 Å². The first kappa shape index (κ1) is 17.7. The van der Waals surface area contributed by atoms with Gasteiger partial charge in [-0.2, -0.15) is 0 Å². The maximum absolute atomic E-state index is 12.0. The lowest BCUT2D eigenvalue weighted by Crippen LogP contribution is -2.39. The van der Waals surface area contributed by atoms with E-state index in [0.29, 0.717) is 18.1 Å². The third-order valence-electron chi connectivity index (χ3n) is 3.42. The minimum Gasteiger partial charge on any atom is -0.493 e. The fraction of sp³-hybridized carbons (Fsp3) is 0.316. The van der Waals surface area contributed by atoms with Crippen molar-refractivity contribution in [3.05, 3.63) is 54.1 Å². The van der Waals surface area contributed by atoms with Gasteiger partial charge in [-0.15, -0.1) is 0 Å². The van der Waals surface area contributed by atoms with Crippen molar-refractivity contribution in [1.82, 2.24) is 5.32 Å². The lowest BCUT2D eigenvalue weighted by atomic mass is 10.2. The van der Waals surface area contributed by atoms with Gasteiger partial charge < -0.3 is 19.5 Å². The molecule has 0 aliphatic carbocycles. The Labute approximate surface area is 142 Å². The predicted octanol–water partition coefficient (Wildman–Crippen LogP) is 2.97. The van der Waals surface area contributed by atoms with Crippen LogP contribution in [0.1, 0.15) is 12.5 Å². The van der Waals surface area contributed by atoms with Gasteiger partial charge in [0.25, 0.3) is 5.91 Å². The Hall–Kier alpha value is -2.69. The summed E-state index contributed by atoms with van der Waals surface area (Å²) in [5.74, 6) is 1.76. The SMILES string of the molecule is COc1ccccc1OCC(=O)N[C@@H](C)COc1ccccc1C. The van der Waals surface area contributed by atoms with Crippen molar-refractivity contribution < 1.29 is 19.0 Å². The molecule has 0 aliphatic rings. The number of aryl methyl sites for hydroxylation is 1. The number of hydrogen-bond acceptors (Lipinski definition) is 4. The zero-order valence-corrected chi connectivity index (χ0v) is 14.2. The van der Waals surface area contributed by atoms with Gasteiger partial charge in [0.05, 0.1) is 13.2 Å². The fourth-order valence-electron chi connectivity index (χ4n) is 2.17. The van der Waals surface area contributed by atoms with Crippen molar-refractivity contribution in [1.29, 1.82) is 0 Å². The molecule has 5 heteroatoms. The van der Waals surface area contributed by atoms with Crippen LogP contribution < -0.4 is 19.5 Å². The number of ether oxygens (including phenoxy) is 3. The maximum atomic E-state index is 12.0. The van der Waals surface area contributed by atoms with E-state index < -0.39 is 0 Å². The van der Waals surface area contributed by atoms with Crippen molar-refractivity contribution in [2.24, 2.45) is 0 Å². The molecule has 24 heavy (non-hydrogen) atoms. The minimum absolute atomic E-state index is 0.0743. The minimum atomic E-state index is -0.207. The standard InChI is InChI=1S/C19H23NO4/c1-14-8-4-5-9-16(14)23-12-15(2)20-19(21)13-24-18-11-7-6-10-17(18)22-3/h4-11,15H,12-13H2,1-3H3,(H,20,21)/t15-/m0/s1. The zero-order chi connectivity index (χ0) is 17.4. The molecule has 0 saturated heterocycles. The Balaban J connectivity index is 1.76. The molecule has 0 unspecified atom stereocenters. The highest BCUT2D eigenvalue weighted by atomic mass is 16.5. The van der Waals surface area contributed by atoms with E-state index in [4.69, 9.17) is 14.2 Å². The molecule has 0 radical (unpaired) electrons. The molecule has 1 N–H and O–H groups in total. The first-order valence-corrected chi connectivity index (χ1v) is 7.83. The number of methoxy groups -OCH3 is 1. The van der Waals surface area contributed by atoms with E-state index in [9.17, 15) is 4.79 Å². The lowest BCUT2D eigenvalue weighted by molar-refractivity contribution is -0.123. The molecule has 0 heterocycles. The highest BCUT2D eigenvalue weighted by Gasteiger charge is 2.11. The van der Waals surface area contributed by atoms with Gasteiger partial charge in [-0.1, -0.05) is 30.3 Å². The Morgan fingerprint density at radius 1 is 1.00 bits per heavy atom. The summed E-state index contributed by atoms with van der Waals surface area (Å²) in [5.41, 5.74) is 1.07. The van der Waals surface area contributed by atoms with Crippen molar-refractivity contribution >= 4 is 5.91 Å². The number of carbonyl (C=O) groups excluding carboxylic acids is 1. The molecule has 0 spiro atoms. The zero-order valence-electron chi connectivity index (χ0n) is 14.2. The number of nitrogens with one attached hydrogen (secondary N) is 1. The highest BCUT2D eigenvalue weighted by Crippen LogP contribution is 2.25. The summed E-state index contributed by atoms with van der Waals surface area (Å²) in [6.07, 6.45) is 0. The van der Waals surface area contributed by atoms with Gasteiger partial charge in [0.15, 0.2) is 18.1 Å². The molecule has 1 amide bonds. The smallest absolute Gasteiger partial charge is 0.258 e. The molecule has 0 aromatic heterocycles. The van der Waals surface area contributed by atoms with Gasteiger partial charge in [-0.25, -0.2) is 0 Å². The molecule has 128 valence electrons. The highest BCUT2D eigenvalue weighted by molar-refractivity contribution is 5.77. The fourth-order valence-corrected chi connectivity index (χ4v) is 2.17. The van der Waals surface area contributed by atoms with Crippen molar-refractivity contribution in [3.8, 4) is 17.2 Å². The molecule has 0 fully saturated rings. The van der Waals surface area contributed by atoms with E-state index in [1.165, 1.54) is 0 Å². The van der Waals surface area contributed by atoms with E-state index in [-0.39, 0.29) is 18.6 Å². The van der Waals surface area contributed by atoms with Crippen LogP contribution in [0.4, 0.5) is 0 Å². The van der Waals surface area contributed by atoms with Gasteiger partial charge in [-0.3, -0.25) is 4.79 Å². The van der Waals surface area contributed by atoms with Crippen LogP contribution in [-0.4, -0.2) is 32.3 Å². The van der Waals surface area contributed by atoms with Crippen LogP contribution in [0.15, 0.2) is 48.5 Å². The molecule has 0 saturated carbocycles. The predicted molar refractivity (Wildman–Crippen MR) is 92.8 cm³/mol. The summed E-state index contributed by atoms with van der Waals surface area (Å²) in [5, 5.41) is 2.85. The summed E-state index contributed by atoms with van der Waals surface area (Å²) in [6.45, 7) is 4.19. The second-order valence-corrected chi connectivity index (χ2v) is 5.48. The lowest BCUT2D eigenvalue weighted by Gasteiger charge is -2.16. The van der Waals surface area contributed by atoms with Gasteiger partial charge in [0, 0.05) is 0 Å².